The Morgan fingerprint density at radius 1 is 1.25 bits per heavy atom. The maximum atomic E-state index is 12.7. The summed E-state index contributed by atoms with van der Waals surface area (Å²) in [7, 11) is 1.61. The van der Waals surface area contributed by atoms with Gasteiger partial charge in [0.2, 0.25) is 5.88 Å². The molecule has 5 rings (SSSR count). The summed E-state index contributed by atoms with van der Waals surface area (Å²) in [6.45, 7) is 6.19. The number of carbonyl (C=O) groups excluding carboxylic acids is 1. The van der Waals surface area contributed by atoms with Crippen LogP contribution >= 0.6 is 11.3 Å². The van der Waals surface area contributed by atoms with Gasteiger partial charge in [0.15, 0.2) is 10.9 Å². The Hall–Kier alpha value is -3.13. The van der Waals surface area contributed by atoms with Gasteiger partial charge in [-0.1, -0.05) is 31.3 Å². The minimum atomic E-state index is -0.0360. The molecule has 32 heavy (non-hydrogen) atoms. The van der Waals surface area contributed by atoms with Crippen molar-refractivity contribution in [2.24, 2.45) is 5.41 Å². The highest BCUT2D eigenvalue weighted by molar-refractivity contribution is 7.17. The lowest BCUT2D eigenvalue weighted by Gasteiger charge is -2.29. The van der Waals surface area contributed by atoms with E-state index in [1.54, 1.807) is 13.3 Å². The second-order valence-corrected chi connectivity index (χ2v) is 9.94. The van der Waals surface area contributed by atoms with E-state index < -0.39 is 0 Å². The van der Waals surface area contributed by atoms with Gasteiger partial charge in [-0.15, -0.1) is 0 Å². The lowest BCUT2D eigenvalue weighted by atomic mass is 9.78. The molecule has 2 aromatic heterocycles. The van der Waals surface area contributed by atoms with E-state index in [1.807, 2.05) is 24.3 Å². The molecule has 0 saturated carbocycles. The van der Waals surface area contributed by atoms with Gasteiger partial charge in [-0.3, -0.25) is 4.79 Å². The quantitative estimate of drug-likeness (QED) is 0.596. The summed E-state index contributed by atoms with van der Waals surface area (Å²) in [5.74, 6) is 1.63. The van der Waals surface area contributed by atoms with E-state index in [-0.39, 0.29) is 11.2 Å². The molecule has 166 valence electrons. The summed E-state index contributed by atoms with van der Waals surface area (Å²) >= 11 is 1.50. The average molecular weight is 451 g/mol. The molecule has 0 saturated heterocycles. The van der Waals surface area contributed by atoms with Gasteiger partial charge in [-0.05, 0) is 35.6 Å². The topological polar surface area (TPSA) is 76.6 Å². The van der Waals surface area contributed by atoms with Crippen LogP contribution in [-0.2, 0) is 13.0 Å². The third-order valence-corrected chi connectivity index (χ3v) is 6.94. The van der Waals surface area contributed by atoms with E-state index in [1.165, 1.54) is 11.3 Å². The van der Waals surface area contributed by atoms with Gasteiger partial charge in [0, 0.05) is 30.9 Å². The number of ether oxygens (including phenoxy) is 2. The van der Waals surface area contributed by atoms with Crippen molar-refractivity contribution >= 4 is 33.6 Å². The fourth-order valence-corrected chi connectivity index (χ4v) is 5.25. The first-order chi connectivity index (χ1) is 15.4. The number of Topliss-reactive ketones (excluding diaryl/α,β-unsaturated/α-hetero) is 1. The Morgan fingerprint density at radius 3 is 2.91 bits per heavy atom. The first-order valence-corrected chi connectivity index (χ1v) is 11.5. The minimum absolute atomic E-state index is 0.0360. The Balaban J connectivity index is 1.39. The van der Waals surface area contributed by atoms with Crippen molar-refractivity contribution in [2.45, 2.75) is 33.2 Å². The number of ketones is 1. The number of fused-ring (bicyclic) bond motifs is 2. The van der Waals surface area contributed by atoms with Crippen molar-refractivity contribution < 1.29 is 14.3 Å². The molecule has 0 amide bonds. The van der Waals surface area contributed by atoms with E-state index in [9.17, 15) is 4.79 Å². The van der Waals surface area contributed by atoms with Gasteiger partial charge in [-0.25, -0.2) is 9.97 Å². The number of aromatic nitrogens is 2. The molecule has 0 radical (unpaired) electrons. The number of carbonyl (C=O) groups is 1. The summed E-state index contributed by atoms with van der Waals surface area (Å²) in [4.78, 5) is 24.8. The number of hydrogen-bond donors (Lipinski definition) is 1. The number of benzene rings is 1. The Labute approximate surface area is 191 Å². The standard InChI is InChI=1S/C24H26N4O3S/c1-24(2)11-17-22(19(29)12-24)32-23(27-17)28-8-9-31-20-6-5-16(10-18(20)28)25-13-15-4-7-21(30-3)26-14-15/h4-7,10,14,25H,8-9,11-13H2,1-3H3. The zero-order valence-corrected chi connectivity index (χ0v) is 19.3. The number of anilines is 3. The van der Waals surface area contributed by atoms with Crippen LogP contribution in [0.5, 0.6) is 11.6 Å². The molecule has 3 heterocycles. The molecule has 7 nitrogen and oxygen atoms in total. The van der Waals surface area contributed by atoms with Crippen LogP contribution in [0.15, 0.2) is 36.5 Å². The third-order valence-electron chi connectivity index (χ3n) is 5.78. The predicted octanol–water partition coefficient (Wildman–Crippen LogP) is 4.84. The molecule has 3 aromatic rings. The molecule has 0 atom stereocenters. The molecule has 8 heteroatoms. The maximum absolute atomic E-state index is 12.7. The highest BCUT2D eigenvalue weighted by Crippen LogP contribution is 2.44. The fourth-order valence-electron chi connectivity index (χ4n) is 4.19. The van der Waals surface area contributed by atoms with Crippen LogP contribution < -0.4 is 19.7 Å². The number of rotatable bonds is 5. The Morgan fingerprint density at radius 2 is 2.12 bits per heavy atom. The molecule has 1 aliphatic heterocycles. The van der Waals surface area contributed by atoms with Crippen LogP contribution in [0.1, 0.15) is 41.2 Å². The first-order valence-electron chi connectivity index (χ1n) is 10.7. The van der Waals surface area contributed by atoms with Crippen molar-refractivity contribution in [2.75, 3.05) is 30.5 Å². The fraction of sp³-hybridized carbons (Fsp3) is 0.375. The molecule has 0 spiro atoms. The van der Waals surface area contributed by atoms with Crippen LogP contribution in [0, 0.1) is 5.41 Å². The number of methoxy groups -OCH3 is 1. The van der Waals surface area contributed by atoms with E-state index in [0.29, 0.717) is 32.0 Å². The number of hydrogen-bond acceptors (Lipinski definition) is 8. The SMILES string of the molecule is COc1ccc(CNc2ccc3c(c2)N(c2nc4c(s2)C(=O)CC(C)(C)C4)CCO3)cn1. The number of nitrogens with zero attached hydrogens (tertiary/aromatic N) is 3. The van der Waals surface area contributed by atoms with E-state index in [2.05, 4.69) is 35.1 Å². The summed E-state index contributed by atoms with van der Waals surface area (Å²) in [6, 6.07) is 9.92. The molecule has 0 unspecified atom stereocenters. The second kappa shape index (κ2) is 8.09. The molecular formula is C24H26N4O3S. The van der Waals surface area contributed by atoms with E-state index in [0.717, 1.165) is 44.8 Å². The summed E-state index contributed by atoms with van der Waals surface area (Å²) in [5.41, 5.74) is 3.90. The number of nitrogens with one attached hydrogen (secondary N) is 1. The minimum Gasteiger partial charge on any atom is -0.490 e. The van der Waals surface area contributed by atoms with E-state index >= 15 is 0 Å². The van der Waals surface area contributed by atoms with Crippen molar-refractivity contribution in [3.8, 4) is 11.6 Å². The summed E-state index contributed by atoms with van der Waals surface area (Å²) in [6.07, 6.45) is 3.22. The molecule has 2 aliphatic rings. The van der Waals surface area contributed by atoms with Crippen molar-refractivity contribution in [1.29, 1.82) is 0 Å². The van der Waals surface area contributed by atoms with Gasteiger partial charge in [0.05, 0.1) is 29.9 Å². The zero-order chi connectivity index (χ0) is 22.3. The number of pyridine rings is 1. The smallest absolute Gasteiger partial charge is 0.212 e. The second-order valence-electron chi connectivity index (χ2n) is 8.96. The van der Waals surface area contributed by atoms with Crippen LogP contribution in [-0.4, -0.2) is 36.0 Å². The van der Waals surface area contributed by atoms with Crippen LogP contribution in [0.3, 0.4) is 0 Å². The van der Waals surface area contributed by atoms with Crippen LogP contribution in [0.4, 0.5) is 16.5 Å². The molecule has 0 fully saturated rings. The highest BCUT2D eigenvalue weighted by Gasteiger charge is 2.35. The van der Waals surface area contributed by atoms with Gasteiger partial charge < -0.3 is 19.7 Å². The maximum Gasteiger partial charge on any atom is 0.212 e. The normalized spacial score (nSPS) is 16.7. The van der Waals surface area contributed by atoms with Crippen LogP contribution in [0.2, 0.25) is 0 Å². The highest BCUT2D eigenvalue weighted by atomic mass is 32.1. The van der Waals surface area contributed by atoms with E-state index in [4.69, 9.17) is 14.5 Å². The van der Waals surface area contributed by atoms with Gasteiger partial charge >= 0.3 is 0 Å². The Kier molecular flexibility index (Phi) is 5.25. The average Bonchev–Trinajstić information content (AvgIpc) is 3.20. The molecule has 1 N–H and O–H groups in total. The molecule has 1 aliphatic carbocycles. The lowest BCUT2D eigenvalue weighted by Crippen LogP contribution is -2.28. The summed E-state index contributed by atoms with van der Waals surface area (Å²) < 4.78 is 11.0. The van der Waals surface area contributed by atoms with Crippen molar-refractivity contribution in [3.63, 3.8) is 0 Å². The number of thiazole rings is 1. The largest absolute Gasteiger partial charge is 0.490 e. The third kappa shape index (κ3) is 4.02. The van der Waals surface area contributed by atoms with Gasteiger partial charge in [0.1, 0.15) is 12.4 Å². The van der Waals surface area contributed by atoms with Crippen molar-refractivity contribution in [3.05, 3.63) is 52.7 Å². The molecule has 1 aromatic carbocycles. The Bertz CT molecular complexity index is 1160. The van der Waals surface area contributed by atoms with Crippen molar-refractivity contribution in [1.82, 2.24) is 9.97 Å². The molecular weight excluding hydrogens is 424 g/mol. The summed E-state index contributed by atoms with van der Waals surface area (Å²) in [5, 5.41) is 4.32. The van der Waals surface area contributed by atoms with Crippen LogP contribution in [0.25, 0.3) is 0 Å². The first kappa shape index (κ1) is 20.8. The molecule has 0 bridgehead atoms. The zero-order valence-electron chi connectivity index (χ0n) is 18.5. The predicted molar refractivity (Wildman–Crippen MR) is 126 cm³/mol. The lowest BCUT2D eigenvalue weighted by molar-refractivity contribution is 0.0916. The monoisotopic (exact) mass is 450 g/mol. The van der Waals surface area contributed by atoms with Gasteiger partial charge in [-0.2, -0.15) is 0 Å². The van der Waals surface area contributed by atoms with Gasteiger partial charge in [0.25, 0.3) is 0 Å².